The van der Waals surface area contributed by atoms with Crippen molar-refractivity contribution in [3.8, 4) is 11.1 Å². The third-order valence-corrected chi connectivity index (χ3v) is 3.57. The highest BCUT2D eigenvalue weighted by Crippen LogP contribution is 2.26. The first kappa shape index (κ1) is 15.4. The SMILES string of the molecule is Cc1ccc(S)c(-c2ccccc2)c1.Cc1ccccc1. The van der Waals surface area contributed by atoms with Gasteiger partial charge < -0.3 is 0 Å². The van der Waals surface area contributed by atoms with Gasteiger partial charge in [0.1, 0.15) is 0 Å². The van der Waals surface area contributed by atoms with Gasteiger partial charge in [-0.15, -0.1) is 12.6 Å². The zero-order chi connectivity index (χ0) is 15.1. The van der Waals surface area contributed by atoms with Gasteiger partial charge in [0.05, 0.1) is 0 Å². The molecule has 0 atom stereocenters. The summed E-state index contributed by atoms with van der Waals surface area (Å²) in [5.41, 5.74) is 5.01. The maximum atomic E-state index is 4.46. The predicted molar refractivity (Wildman–Crippen MR) is 95.0 cm³/mol. The number of thiol groups is 1. The summed E-state index contributed by atoms with van der Waals surface area (Å²) in [5.74, 6) is 0. The highest BCUT2D eigenvalue weighted by atomic mass is 32.1. The van der Waals surface area contributed by atoms with Crippen LogP contribution in [0, 0.1) is 13.8 Å². The van der Waals surface area contributed by atoms with E-state index in [-0.39, 0.29) is 0 Å². The van der Waals surface area contributed by atoms with Crippen molar-refractivity contribution in [3.05, 3.63) is 90.0 Å². The van der Waals surface area contributed by atoms with Crippen LogP contribution in [0.25, 0.3) is 11.1 Å². The Labute approximate surface area is 132 Å². The molecular weight excluding hydrogens is 272 g/mol. The van der Waals surface area contributed by atoms with Gasteiger partial charge in [-0.1, -0.05) is 83.9 Å². The molecule has 3 rings (SSSR count). The van der Waals surface area contributed by atoms with Gasteiger partial charge in [0.15, 0.2) is 0 Å². The minimum Gasteiger partial charge on any atom is -0.143 e. The molecule has 0 bridgehead atoms. The maximum Gasteiger partial charge on any atom is 0.0119 e. The summed E-state index contributed by atoms with van der Waals surface area (Å²) >= 11 is 4.46. The Bertz CT molecular complexity index is 673. The molecule has 0 aliphatic heterocycles. The van der Waals surface area contributed by atoms with Gasteiger partial charge in [-0.3, -0.25) is 0 Å². The van der Waals surface area contributed by atoms with Crippen LogP contribution in [0.1, 0.15) is 11.1 Å². The van der Waals surface area contributed by atoms with E-state index in [1.165, 1.54) is 22.3 Å². The van der Waals surface area contributed by atoms with Crippen LogP contribution in [0.4, 0.5) is 0 Å². The van der Waals surface area contributed by atoms with Crippen molar-refractivity contribution in [2.45, 2.75) is 18.7 Å². The van der Waals surface area contributed by atoms with Crippen LogP contribution in [0.3, 0.4) is 0 Å². The number of rotatable bonds is 1. The molecule has 0 aliphatic rings. The first-order chi connectivity index (χ1) is 10.2. The molecule has 0 N–H and O–H groups in total. The Balaban J connectivity index is 0.000000194. The zero-order valence-electron chi connectivity index (χ0n) is 12.5. The van der Waals surface area contributed by atoms with E-state index in [1.54, 1.807) is 0 Å². The molecule has 0 saturated heterocycles. The van der Waals surface area contributed by atoms with E-state index in [1.807, 2.05) is 42.5 Å². The van der Waals surface area contributed by atoms with Crippen LogP contribution in [0.2, 0.25) is 0 Å². The Morgan fingerprint density at radius 1 is 0.619 bits per heavy atom. The quantitative estimate of drug-likeness (QED) is 0.527. The summed E-state index contributed by atoms with van der Waals surface area (Å²) in [5, 5.41) is 0. The molecule has 1 heteroatoms. The van der Waals surface area contributed by atoms with Gasteiger partial charge >= 0.3 is 0 Å². The zero-order valence-corrected chi connectivity index (χ0v) is 13.3. The minimum atomic E-state index is 1.03. The fourth-order valence-corrected chi connectivity index (χ4v) is 2.30. The molecule has 106 valence electrons. The van der Waals surface area contributed by atoms with Gasteiger partial charge in [-0.05, 0) is 31.0 Å². The Hall–Kier alpha value is -1.99. The standard InChI is InChI=1S/C13H12S.C7H8/c1-10-7-8-13(14)12(9-10)11-5-3-2-4-6-11;1-7-5-3-2-4-6-7/h2-9,14H,1H3;2-6H,1H3. The largest absolute Gasteiger partial charge is 0.143 e. The average molecular weight is 292 g/mol. The maximum absolute atomic E-state index is 4.46. The van der Waals surface area contributed by atoms with E-state index in [0.717, 1.165) is 4.90 Å². The number of hydrogen-bond acceptors (Lipinski definition) is 1. The fraction of sp³-hybridized carbons (Fsp3) is 0.100. The monoisotopic (exact) mass is 292 g/mol. The molecule has 0 aromatic heterocycles. The second-order valence-electron chi connectivity index (χ2n) is 5.04. The fourth-order valence-electron chi connectivity index (χ4n) is 2.03. The van der Waals surface area contributed by atoms with Crippen molar-refractivity contribution < 1.29 is 0 Å². The van der Waals surface area contributed by atoms with E-state index in [0.29, 0.717) is 0 Å². The molecule has 21 heavy (non-hydrogen) atoms. The summed E-state index contributed by atoms with van der Waals surface area (Å²) in [4.78, 5) is 1.03. The van der Waals surface area contributed by atoms with Crippen LogP contribution < -0.4 is 0 Å². The summed E-state index contributed by atoms with van der Waals surface area (Å²) in [6.07, 6.45) is 0. The van der Waals surface area contributed by atoms with E-state index in [2.05, 4.69) is 62.9 Å². The Morgan fingerprint density at radius 2 is 1.19 bits per heavy atom. The first-order valence-electron chi connectivity index (χ1n) is 7.03. The lowest BCUT2D eigenvalue weighted by Crippen LogP contribution is -1.81. The van der Waals surface area contributed by atoms with Crippen LogP contribution in [-0.4, -0.2) is 0 Å². The molecule has 0 spiro atoms. The van der Waals surface area contributed by atoms with E-state index < -0.39 is 0 Å². The van der Waals surface area contributed by atoms with Crippen LogP contribution in [0.15, 0.2) is 83.8 Å². The Kier molecular flexibility index (Phi) is 5.65. The third-order valence-electron chi connectivity index (χ3n) is 3.18. The lowest BCUT2D eigenvalue weighted by molar-refractivity contribution is 1.38. The topological polar surface area (TPSA) is 0 Å². The lowest BCUT2D eigenvalue weighted by Gasteiger charge is -2.05. The van der Waals surface area contributed by atoms with E-state index >= 15 is 0 Å². The molecule has 3 aromatic rings. The normalized spacial score (nSPS) is 9.67. The molecule has 0 saturated carbocycles. The van der Waals surface area contributed by atoms with Crippen molar-refractivity contribution in [3.63, 3.8) is 0 Å². The highest BCUT2D eigenvalue weighted by Gasteiger charge is 2.01. The molecule has 0 nitrogen and oxygen atoms in total. The number of hydrogen-bond donors (Lipinski definition) is 1. The van der Waals surface area contributed by atoms with Gasteiger partial charge in [0, 0.05) is 4.90 Å². The predicted octanol–water partition coefficient (Wildman–Crippen LogP) is 5.95. The molecular formula is C20H20S. The van der Waals surface area contributed by atoms with Gasteiger partial charge in [-0.25, -0.2) is 0 Å². The van der Waals surface area contributed by atoms with Gasteiger partial charge in [0.25, 0.3) is 0 Å². The second-order valence-corrected chi connectivity index (χ2v) is 5.52. The highest BCUT2D eigenvalue weighted by molar-refractivity contribution is 7.80. The molecule has 0 amide bonds. The number of benzene rings is 3. The minimum absolute atomic E-state index is 1.03. The summed E-state index contributed by atoms with van der Waals surface area (Å²) in [7, 11) is 0. The average Bonchev–Trinajstić information content (AvgIpc) is 2.52. The van der Waals surface area contributed by atoms with Crippen molar-refractivity contribution >= 4 is 12.6 Å². The van der Waals surface area contributed by atoms with E-state index in [4.69, 9.17) is 0 Å². The Morgan fingerprint density at radius 3 is 1.71 bits per heavy atom. The van der Waals surface area contributed by atoms with Gasteiger partial charge in [0.2, 0.25) is 0 Å². The summed E-state index contributed by atoms with van der Waals surface area (Å²) in [6.45, 7) is 4.18. The van der Waals surface area contributed by atoms with Crippen molar-refractivity contribution in [1.29, 1.82) is 0 Å². The van der Waals surface area contributed by atoms with Crippen molar-refractivity contribution in [1.82, 2.24) is 0 Å². The van der Waals surface area contributed by atoms with Crippen molar-refractivity contribution in [2.24, 2.45) is 0 Å². The molecule has 0 heterocycles. The first-order valence-corrected chi connectivity index (χ1v) is 7.48. The van der Waals surface area contributed by atoms with E-state index in [9.17, 15) is 0 Å². The number of aryl methyl sites for hydroxylation is 2. The second kappa shape index (κ2) is 7.70. The van der Waals surface area contributed by atoms with Crippen molar-refractivity contribution in [2.75, 3.05) is 0 Å². The molecule has 0 fully saturated rings. The summed E-state index contributed by atoms with van der Waals surface area (Å²) < 4.78 is 0. The van der Waals surface area contributed by atoms with Crippen LogP contribution in [0.5, 0.6) is 0 Å². The lowest BCUT2D eigenvalue weighted by atomic mass is 10.0. The summed E-state index contributed by atoms with van der Waals surface area (Å²) in [6, 6.07) is 26.9. The molecule has 0 radical (unpaired) electrons. The smallest absolute Gasteiger partial charge is 0.0119 e. The van der Waals surface area contributed by atoms with Crippen LogP contribution in [-0.2, 0) is 0 Å². The molecule has 0 unspecified atom stereocenters. The van der Waals surface area contributed by atoms with Crippen LogP contribution >= 0.6 is 12.6 Å². The molecule has 3 aromatic carbocycles. The third kappa shape index (κ3) is 4.80. The molecule has 0 aliphatic carbocycles. The van der Waals surface area contributed by atoms with Gasteiger partial charge in [-0.2, -0.15) is 0 Å².